The van der Waals surface area contributed by atoms with Gasteiger partial charge in [-0.1, -0.05) is 12.1 Å². The Morgan fingerprint density at radius 2 is 1.88 bits per heavy atom. The Bertz CT molecular complexity index is 1170. The quantitative estimate of drug-likeness (QED) is 0.669. The van der Waals surface area contributed by atoms with Gasteiger partial charge in [-0.2, -0.15) is 4.31 Å². The summed E-state index contributed by atoms with van der Waals surface area (Å²) < 4.78 is 40.1. The number of amides is 1. The van der Waals surface area contributed by atoms with Crippen LogP contribution in [0.2, 0.25) is 0 Å². The molecule has 0 atom stereocenters. The van der Waals surface area contributed by atoms with Crippen LogP contribution in [0, 0.1) is 12.7 Å². The summed E-state index contributed by atoms with van der Waals surface area (Å²) in [7, 11) is -3.25. The van der Waals surface area contributed by atoms with Crippen molar-refractivity contribution in [3.05, 3.63) is 58.5 Å². The number of hydrogen-bond acceptors (Lipinski definition) is 5. The van der Waals surface area contributed by atoms with Crippen molar-refractivity contribution in [1.29, 1.82) is 0 Å². The number of nitrogens with zero attached hydrogens (tertiary/aromatic N) is 4. The Kier molecular flexibility index (Phi) is 5.86. The molecule has 3 fully saturated rings. The van der Waals surface area contributed by atoms with Gasteiger partial charge in [0.15, 0.2) is 0 Å². The lowest BCUT2D eigenvalue weighted by Gasteiger charge is -2.36. The first-order valence-corrected chi connectivity index (χ1v) is 13.2. The summed E-state index contributed by atoms with van der Waals surface area (Å²) in [5.41, 5.74) is 3.04. The van der Waals surface area contributed by atoms with Gasteiger partial charge in [-0.25, -0.2) is 17.8 Å². The fourth-order valence-electron chi connectivity index (χ4n) is 4.75. The van der Waals surface area contributed by atoms with Gasteiger partial charge in [0.05, 0.1) is 11.3 Å². The molecule has 3 aliphatic rings. The summed E-state index contributed by atoms with van der Waals surface area (Å²) >= 11 is 0. The minimum absolute atomic E-state index is 0.0274. The molecule has 1 amide bonds. The molecule has 2 aliphatic heterocycles. The van der Waals surface area contributed by atoms with Crippen molar-refractivity contribution in [3.8, 4) is 0 Å². The van der Waals surface area contributed by atoms with Crippen molar-refractivity contribution in [2.75, 3.05) is 43.4 Å². The fraction of sp³-hybridized carbons (Fsp3) is 0.500. The lowest BCUT2D eigenvalue weighted by atomic mass is 10.1. The topological polar surface area (TPSA) is 73.8 Å². The number of pyridine rings is 1. The lowest BCUT2D eigenvalue weighted by Crippen LogP contribution is -2.49. The summed E-state index contributed by atoms with van der Waals surface area (Å²) in [6.45, 7) is 4.96. The largest absolute Gasteiger partial charge is 0.353 e. The van der Waals surface area contributed by atoms with Crippen LogP contribution in [-0.2, 0) is 16.6 Å². The summed E-state index contributed by atoms with van der Waals surface area (Å²) in [4.78, 5) is 21.5. The van der Waals surface area contributed by atoms with Gasteiger partial charge >= 0.3 is 0 Å². The minimum atomic E-state index is -3.25. The van der Waals surface area contributed by atoms with Crippen molar-refractivity contribution in [2.45, 2.75) is 38.6 Å². The van der Waals surface area contributed by atoms with Gasteiger partial charge in [0.25, 0.3) is 5.91 Å². The summed E-state index contributed by atoms with van der Waals surface area (Å²) in [5.74, 6) is 0.822. The predicted octanol–water partition coefficient (Wildman–Crippen LogP) is 2.90. The Balaban J connectivity index is 1.22. The van der Waals surface area contributed by atoms with E-state index in [9.17, 15) is 17.6 Å². The molecule has 2 aromatic rings. The molecule has 33 heavy (non-hydrogen) atoms. The Morgan fingerprint density at radius 3 is 2.48 bits per heavy atom. The van der Waals surface area contributed by atoms with Gasteiger partial charge in [0, 0.05) is 45.5 Å². The van der Waals surface area contributed by atoms with E-state index in [0.717, 1.165) is 11.4 Å². The molecule has 1 aromatic carbocycles. The highest BCUT2D eigenvalue weighted by molar-refractivity contribution is 7.89. The second-order valence-corrected chi connectivity index (χ2v) is 11.4. The molecule has 0 N–H and O–H groups in total. The second-order valence-electron chi connectivity index (χ2n) is 9.28. The van der Waals surface area contributed by atoms with Crippen molar-refractivity contribution < 1.29 is 17.6 Å². The number of sulfonamides is 1. The SMILES string of the molecule is Cc1cc(C2CC2)cnc1N1CCN(C(=O)c2ccc(CN3CCCS3(=O)=O)cc2F)CC1. The molecular weight excluding hydrogens is 443 g/mol. The van der Waals surface area contributed by atoms with E-state index < -0.39 is 15.8 Å². The van der Waals surface area contributed by atoms with Crippen LogP contribution < -0.4 is 4.90 Å². The van der Waals surface area contributed by atoms with Crippen molar-refractivity contribution in [2.24, 2.45) is 0 Å². The molecule has 1 aliphatic carbocycles. The van der Waals surface area contributed by atoms with Crippen LogP contribution in [0.25, 0.3) is 0 Å². The van der Waals surface area contributed by atoms with Crippen LogP contribution in [0.1, 0.15) is 52.2 Å². The van der Waals surface area contributed by atoms with Crippen LogP contribution >= 0.6 is 0 Å². The van der Waals surface area contributed by atoms with Crippen molar-refractivity contribution >= 4 is 21.7 Å². The van der Waals surface area contributed by atoms with E-state index in [1.165, 1.54) is 34.8 Å². The van der Waals surface area contributed by atoms with Crippen LogP contribution in [0.5, 0.6) is 0 Å². The number of rotatable bonds is 5. The van der Waals surface area contributed by atoms with Crippen molar-refractivity contribution in [1.82, 2.24) is 14.2 Å². The minimum Gasteiger partial charge on any atom is -0.353 e. The molecule has 1 saturated carbocycles. The number of hydrogen-bond donors (Lipinski definition) is 0. The molecule has 0 spiro atoms. The van der Waals surface area contributed by atoms with E-state index in [4.69, 9.17) is 0 Å². The van der Waals surface area contributed by atoms with Gasteiger partial charge in [0.1, 0.15) is 11.6 Å². The number of benzene rings is 1. The van der Waals surface area contributed by atoms with Crippen molar-refractivity contribution in [3.63, 3.8) is 0 Å². The van der Waals surface area contributed by atoms with E-state index in [2.05, 4.69) is 22.9 Å². The summed E-state index contributed by atoms with van der Waals surface area (Å²) in [6.07, 6.45) is 5.06. The second kappa shape index (κ2) is 8.68. The van der Waals surface area contributed by atoms with Crippen LogP contribution in [0.15, 0.2) is 30.5 Å². The summed E-state index contributed by atoms with van der Waals surface area (Å²) in [5, 5.41) is 0. The average Bonchev–Trinajstić information content (AvgIpc) is 3.58. The number of aryl methyl sites for hydroxylation is 1. The molecule has 0 unspecified atom stereocenters. The molecule has 176 valence electrons. The Labute approximate surface area is 194 Å². The first kappa shape index (κ1) is 22.3. The molecule has 0 bridgehead atoms. The maximum atomic E-state index is 14.8. The highest BCUT2D eigenvalue weighted by Crippen LogP contribution is 2.40. The van der Waals surface area contributed by atoms with E-state index in [-0.39, 0.29) is 23.8 Å². The number of anilines is 1. The van der Waals surface area contributed by atoms with Gasteiger partial charge in [-0.05, 0) is 60.9 Å². The number of carbonyl (C=O) groups is 1. The highest BCUT2D eigenvalue weighted by Gasteiger charge is 2.30. The highest BCUT2D eigenvalue weighted by atomic mass is 32.2. The van der Waals surface area contributed by atoms with Gasteiger partial charge in [-0.15, -0.1) is 0 Å². The van der Waals surface area contributed by atoms with Gasteiger partial charge < -0.3 is 9.80 Å². The molecule has 0 radical (unpaired) electrons. The first-order chi connectivity index (χ1) is 15.8. The monoisotopic (exact) mass is 472 g/mol. The molecule has 9 heteroatoms. The zero-order valence-electron chi connectivity index (χ0n) is 18.8. The molecule has 2 saturated heterocycles. The molecule has 1 aromatic heterocycles. The normalized spacial score (nSPS) is 20.9. The smallest absolute Gasteiger partial charge is 0.256 e. The molecule has 5 rings (SSSR count). The Morgan fingerprint density at radius 1 is 1.12 bits per heavy atom. The first-order valence-electron chi connectivity index (χ1n) is 11.6. The Hall–Kier alpha value is -2.52. The maximum absolute atomic E-state index is 14.8. The van der Waals surface area contributed by atoms with Gasteiger partial charge in [0.2, 0.25) is 10.0 Å². The van der Waals surface area contributed by atoms with Crippen LogP contribution in [0.3, 0.4) is 0 Å². The van der Waals surface area contributed by atoms with E-state index in [1.807, 2.05) is 6.20 Å². The predicted molar refractivity (Wildman–Crippen MR) is 124 cm³/mol. The molecule has 7 nitrogen and oxygen atoms in total. The zero-order chi connectivity index (χ0) is 23.2. The number of carbonyl (C=O) groups excluding carboxylic acids is 1. The molecular formula is C24H29FN4O3S. The third kappa shape index (κ3) is 4.61. The number of halogens is 1. The van der Waals surface area contributed by atoms with Crippen LogP contribution in [-0.4, -0.2) is 67.0 Å². The maximum Gasteiger partial charge on any atom is 0.256 e. The van der Waals surface area contributed by atoms with Gasteiger partial charge in [-0.3, -0.25) is 4.79 Å². The average molecular weight is 473 g/mol. The number of aromatic nitrogens is 1. The zero-order valence-corrected chi connectivity index (χ0v) is 19.7. The van der Waals surface area contributed by atoms with E-state index >= 15 is 0 Å². The summed E-state index contributed by atoms with van der Waals surface area (Å²) in [6, 6.07) is 6.63. The van der Waals surface area contributed by atoms with Crippen LogP contribution in [0.4, 0.5) is 10.2 Å². The lowest BCUT2D eigenvalue weighted by molar-refractivity contribution is 0.0741. The fourth-order valence-corrected chi connectivity index (χ4v) is 6.26. The third-order valence-corrected chi connectivity index (χ3v) is 8.72. The third-order valence-electron chi connectivity index (χ3n) is 6.81. The van der Waals surface area contributed by atoms with E-state index in [1.54, 1.807) is 11.0 Å². The van der Waals surface area contributed by atoms with E-state index in [0.29, 0.717) is 50.6 Å². The standard InChI is InChI=1S/C24H29FN4O3S/c1-17-13-20(19-4-5-19)15-26-23(17)27-8-10-28(11-9-27)24(30)21-6-3-18(14-22(21)25)16-29-7-2-12-33(29,31)32/h3,6,13-15,19H,2,4-5,7-12,16H2,1H3. The number of piperazine rings is 1. The molecule has 3 heterocycles.